The van der Waals surface area contributed by atoms with Crippen LogP contribution in [0, 0.1) is 0 Å². The lowest BCUT2D eigenvalue weighted by molar-refractivity contribution is 0.220. The molecule has 3 aromatic heterocycles. The number of likely N-dealkylation sites (N-methyl/N-ethyl adjacent to an activating group) is 1. The van der Waals surface area contributed by atoms with Gasteiger partial charge in [0.05, 0.1) is 12.2 Å². The molecular formula is C25H32N10O. The lowest BCUT2D eigenvalue weighted by atomic mass is 10.2. The molecule has 4 heterocycles. The molecule has 0 unspecified atom stereocenters. The zero-order valence-electron chi connectivity index (χ0n) is 20.4. The molecule has 0 amide bonds. The number of aromatic amines is 1. The summed E-state index contributed by atoms with van der Waals surface area (Å²) in [5, 5.41) is 14.1. The van der Waals surface area contributed by atoms with Gasteiger partial charge < -0.3 is 25.3 Å². The standard InChI is InChI=1S/C25H32N10O/c1-17(20-5-3-4-8-27-20)13-19(36-26)16-28-25-30-22(29-23-14-21(32-33-23)18-6-7-18)15-24(31-25)35-11-9-34(2)10-12-35/h3-5,8,13-15,18H,1,6-7,9-12,16,26H2,2H3,(H3,28,29,30,31,32,33)/b19-13-. The number of H-pyrrole nitrogens is 1. The first-order chi connectivity index (χ1) is 17.6. The van der Waals surface area contributed by atoms with E-state index in [0.29, 0.717) is 29.0 Å². The molecule has 5 N–H and O–H groups in total. The first kappa shape index (κ1) is 23.8. The minimum atomic E-state index is 0.280. The van der Waals surface area contributed by atoms with Crippen LogP contribution in [0.4, 0.5) is 23.4 Å². The molecule has 2 fully saturated rings. The third-order valence-corrected chi connectivity index (χ3v) is 6.31. The second-order valence-electron chi connectivity index (χ2n) is 9.16. The van der Waals surface area contributed by atoms with E-state index in [4.69, 9.17) is 15.7 Å². The normalized spacial score (nSPS) is 16.6. The Kier molecular flexibility index (Phi) is 7.10. The molecule has 0 bridgehead atoms. The van der Waals surface area contributed by atoms with Crippen molar-refractivity contribution in [2.45, 2.75) is 18.8 Å². The largest absolute Gasteiger partial charge is 0.414 e. The fourth-order valence-electron chi connectivity index (χ4n) is 4.02. The summed E-state index contributed by atoms with van der Waals surface area (Å²) in [4.78, 5) is 23.4. The Balaban J connectivity index is 1.33. The SMILES string of the molecule is C=C(/C=C(/CNc1nc(Nc2cc(C3CC3)[nH]n2)cc(N2CCN(C)CC2)n1)ON)c1ccccn1. The minimum absolute atomic E-state index is 0.280. The van der Waals surface area contributed by atoms with Gasteiger partial charge in [-0.05, 0) is 43.7 Å². The van der Waals surface area contributed by atoms with E-state index in [0.717, 1.165) is 49.2 Å². The zero-order valence-corrected chi connectivity index (χ0v) is 20.4. The third-order valence-electron chi connectivity index (χ3n) is 6.31. The van der Waals surface area contributed by atoms with Crippen LogP contribution in [0.15, 0.2) is 54.9 Å². The summed E-state index contributed by atoms with van der Waals surface area (Å²) < 4.78 is 0. The third kappa shape index (κ3) is 5.99. The summed E-state index contributed by atoms with van der Waals surface area (Å²) in [6, 6.07) is 9.65. The molecule has 5 rings (SSSR count). The molecule has 1 aliphatic heterocycles. The lowest BCUT2D eigenvalue weighted by Crippen LogP contribution is -2.44. The Morgan fingerprint density at radius 1 is 1.19 bits per heavy atom. The molecule has 0 aromatic carbocycles. The smallest absolute Gasteiger partial charge is 0.227 e. The molecule has 3 aromatic rings. The molecule has 188 valence electrons. The average molecular weight is 489 g/mol. The van der Waals surface area contributed by atoms with Crippen LogP contribution in [-0.2, 0) is 4.84 Å². The first-order valence-corrected chi connectivity index (χ1v) is 12.1. The van der Waals surface area contributed by atoms with E-state index in [1.807, 2.05) is 24.3 Å². The van der Waals surface area contributed by atoms with Gasteiger partial charge in [-0.1, -0.05) is 12.6 Å². The first-order valence-electron chi connectivity index (χ1n) is 12.1. The number of piperazine rings is 1. The van der Waals surface area contributed by atoms with E-state index in [-0.39, 0.29) is 6.54 Å². The summed E-state index contributed by atoms with van der Waals surface area (Å²) in [6.45, 7) is 8.08. The average Bonchev–Trinajstić information content (AvgIpc) is 3.66. The predicted octanol–water partition coefficient (Wildman–Crippen LogP) is 2.87. The number of rotatable bonds is 10. The Morgan fingerprint density at radius 3 is 2.75 bits per heavy atom. The molecule has 1 saturated heterocycles. The number of hydrogen-bond donors (Lipinski definition) is 4. The minimum Gasteiger partial charge on any atom is -0.414 e. The highest BCUT2D eigenvalue weighted by Gasteiger charge is 2.25. The van der Waals surface area contributed by atoms with Gasteiger partial charge in [-0.15, -0.1) is 0 Å². The fourth-order valence-corrected chi connectivity index (χ4v) is 4.02. The van der Waals surface area contributed by atoms with E-state index in [1.54, 1.807) is 12.3 Å². The monoisotopic (exact) mass is 488 g/mol. The van der Waals surface area contributed by atoms with Crippen molar-refractivity contribution < 1.29 is 4.84 Å². The highest BCUT2D eigenvalue weighted by Crippen LogP contribution is 2.39. The number of nitrogens with two attached hydrogens (primary N) is 1. The second-order valence-corrected chi connectivity index (χ2v) is 9.16. The summed E-state index contributed by atoms with van der Waals surface area (Å²) in [6.07, 6.45) is 5.89. The molecule has 0 atom stereocenters. The molecule has 1 saturated carbocycles. The van der Waals surface area contributed by atoms with E-state index >= 15 is 0 Å². The van der Waals surface area contributed by atoms with Gasteiger partial charge in [0, 0.05) is 56.1 Å². The Morgan fingerprint density at radius 2 is 2.03 bits per heavy atom. The van der Waals surface area contributed by atoms with E-state index in [9.17, 15) is 0 Å². The van der Waals surface area contributed by atoms with Crippen molar-refractivity contribution in [2.75, 3.05) is 55.3 Å². The number of allylic oxidation sites excluding steroid dienone is 2. The number of nitrogens with one attached hydrogen (secondary N) is 3. The number of hydrogen-bond acceptors (Lipinski definition) is 10. The van der Waals surface area contributed by atoms with Crippen LogP contribution in [-0.4, -0.2) is 69.8 Å². The van der Waals surface area contributed by atoms with E-state index < -0.39 is 0 Å². The van der Waals surface area contributed by atoms with Crippen LogP contribution >= 0.6 is 0 Å². The summed E-state index contributed by atoms with van der Waals surface area (Å²) in [7, 11) is 2.13. The highest BCUT2D eigenvalue weighted by molar-refractivity contribution is 5.70. The van der Waals surface area contributed by atoms with Gasteiger partial charge in [0.15, 0.2) is 5.82 Å². The van der Waals surface area contributed by atoms with E-state index in [2.05, 4.69) is 60.3 Å². The van der Waals surface area contributed by atoms with Crippen LogP contribution in [0.3, 0.4) is 0 Å². The maximum Gasteiger partial charge on any atom is 0.227 e. The molecule has 11 nitrogen and oxygen atoms in total. The fraction of sp³-hybridized carbons (Fsp3) is 0.360. The van der Waals surface area contributed by atoms with Crippen molar-refractivity contribution in [1.29, 1.82) is 0 Å². The van der Waals surface area contributed by atoms with Crippen molar-refractivity contribution in [3.63, 3.8) is 0 Å². The number of aromatic nitrogens is 5. The topological polar surface area (TPSA) is 133 Å². The van der Waals surface area contributed by atoms with Crippen molar-refractivity contribution >= 4 is 29.0 Å². The van der Waals surface area contributed by atoms with Gasteiger partial charge in [0.25, 0.3) is 0 Å². The molecule has 0 radical (unpaired) electrons. The van der Waals surface area contributed by atoms with Crippen molar-refractivity contribution in [3.8, 4) is 0 Å². The second kappa shape index (κ2) is 10.8. The van der Waals surface area contributed by atoms with Crippen LogP contribution in [0.1, 0.15) is 30.1 Å². The summed E-state index contributed by atoms with van der Waals surface area (Å²) >= 11 is 0. The van der Waals surface area contributed by atoms with Crippen molar-refractivity contribution in [3.05, 3.63) is 66.3 Å². The van der Waals surface area contributed by atoms with Crippen LogP contribution < -0.4 is 21.4 Å². The molecule has 2 aliphatic rings. The number of anilines is 4. The van der Waals surface area contributed by atoms with E-state index in [1.165, 1.54) is 12.8 Å². The van der Waals surface area contributed by atoms with Crippen molar-refractivity contribution in [2.24, 2.45) is 5.90 Å². The number of nitrogens with zero attached hydrogens (tertiary/aromatic N) is 6. The molecule has 0 spiro atoms. The van der Waals surface area contributed by atoms with Gasteiger partial charge >= 0.3 is 0 Å². The lowest BCUT2D eigenvalue weighted by Gasteiger charge is -2.33. The van der Waals surface area contributed by atoms with Gasteiger partial charge in [-0.2, -0.15) is 21.0 Å². The van der Waals surface area contributed by atoms with Gasteiger partial charge in [-0.3, -0.25) is 10.1 Å². The maximum absolute atomic E-state index is 5.54. The Labute approximate surface area is 210 Å². The van der Waals surface area contributed by atoms with Crippen LogP contribution in [0.2, 0.25) is 0 Å². The molecule has 11 heteroatoms. The van der Waals surface area contributed by atoms with Crippen LogP contribution in [0.25, 0.3) is 5.57 Å². The quantitative estimate of drug-likeness (QED) is 0.192. The van der Waals surface area contributed by atoms with Crippen molar-refractivity contribution in [1.82, 2.24) is 30.0 Å². The zero-order chi connectivity index (χ0) is 24.9. The molecule has 36 heavy (non-hydrogen) atoms. The number of pyridine rings is 1. The van der Waals surface area contributed by atoms with Gasteiger partial charge in [0.2, 0.25) is 5.95 Å². The Bertz CT molecular complexity index is 1210. The van der Waals surface area contributed by atoms with Gasteiger partial charge in [-0.25, -0.2) is 0 Å². The molecular weight excluding hydrogens is 456 g/mol. The van der Waals surface area contributed by atoms with Crippen LogP contribution in [0.5, 0.6) is 0 Å². The predicted molar refractivity (Wildman–Crippen MR) is 141 cm³/mol. The highest BCUT2D eigenvalue weighted by atomic mass is 16.6. The molecule has 1 aliphatic carbocycles. The summed E-state index contributed by atoms with van der Waals surface area (Å²) in [5.41, 5.74) is 2.60. The Hall–Kier alpha value is -3.96. The maximum atomic E-state index is 5.54. The van der Waals surface area contributed by atoms with Gasteiger partial charge in [0.1, 0.15) is 17.4 Å². The summed E-state index contributed by atoms with van der Waals surface area (Å²) in [5.74, 6) is 9.32.